The lowest BCUT2D eigenvalue weighted by atomic mass is 10.1. The number of halogens is 3. The Hall–Kier alpha value is -3.23. The molecule has 1 amide bonds. The highest BCUT2D eigenvalue weighted by Crippen LogP contribution is 2.44. The predicted molar refractivity (Wildman–Crippen MR) is 90.0 cm³/mol. The molecule has 0 fully saturated rings. The van der Waals surface area contributed by atoms with E-state index in [-0.39, 0.29) is 25.1 Å². The molecule has 0 atom stereocenters. The number of anilines is 2. The highest BCUT2D eigenvalue weighted by molar-refractivity contribution is 5.80. The number of aliphatic carboxylic acids is 1. The summed E-state index contributed by atoms with van der Waals surface area (Å²) in [5, 5.41) is 14.1. The Labute approximate surface area is 151 Å². The Morgan fingerprint density at radius 2 is 1.70 bits per heavy atom. The van der Waals surface area contributed by atoms with Crippen molar-refractivity contribution in [2.45, 2.75) is 25.6 Å². The molecule has 142 valence electrons. The number of carboxylic acids is 1. The second kappa shape index (κ2) is 7.18. The van der Waals surface area contributed by atoms with Crippen LogP contribution in [0.4, 0.5) is 24.5 Å². The molecular weight excluding hydrogens is 365 g/mol. The monoisotopic (exact) mass is 380 g/mol. The number of carboxylic acid groups (broad SMARTS) is 1. The van der Waals surface area contributed by atoms with Crippen molar-refractivity contribution in [3.8, 4) is 11.5 Å². The zero-order valence-electron chi connectivity index (χ0n) is 13.9. The highest BCUT2D eigenvalue weighted by Gasteiger charge is 2.32. The Kier molecular flexibility index (Phi) is 4.93. The molecule has 1 aliphatic heterocycles. The van der Waals surface area contributed by atoms with Crippen LogP contribution in [0, 0.1) is 0 Å². The molecule has 6 nitrogen and oxygen atoms in total. The van der Waals surface area contributed by atoms with Gasteiger partial charge in [0.25, 0.3) is 0 Å². The van der Waals surface area contributed by atoms with E-state index in [0.29, 0.717) is 22.7 Å². The number of nitrogens with one attached hydrogen (secondary N) is 2. The number of carbonyl (C=O) groups excluding carboxylic acids is 1. The zero-order valence-corrected chi connectivity index (χ0v) is 13.9. The average Bonchev–Trinajstić information content (AvgIpc) is 2.61. The van der Waals surface area contributed by atoms with E-state index >= 15 is 0 Å². The molecule has 9 heteroatoms. The van der Waals surface area contributed by atoms with Gasteiger partial charge in [-0.15, -0.1) is 0 Å². The first-order valence-corrected chi connectivity index (χ1v) is 8.00. The quantitative estimate of drug-likeness (QED) is 0.622. The molecule has 1 aliphatic rings. The second-order valence-corrected chi connectivity index (χ2v) is 5.94. The first kappa shape index (κ1) is 18.6. The molecule has 3 N–H and O–H groups in total. The van der Waals surface area contributed by atoms with Crippen molar-refractivity contribution in [3.05, 3.63) is 47.5 Å². The number of fused-ring (bicyclic) bond motifs is 2. The second-order valence-electron chi connectivity index (χ2n) is 5.94. The average molecular weight is 380 g/mol. The summed E-state index contributed by atoms with van der Waals surface area (Å²) in [6.45, 7) is 0.143. The minimum atomic E-state index is -4.47. The minimum Gasteiger partial charge on any atom is -0.481 e. The maximum atomic E-state index is 12.9. The number of amides is 1. The van der Waals surface area contributed by atoms with E-state index in [9.17, 15) is 22.8 Å². The van der Waals surface area contributed by atoms with Crippen LogP contribution in [0.25, 0.3) is 0 Å². The summed E-state index contributed by atoms with van der Waals surface area (Å²) in [7, 11) is 0. The molecular formula is C18H15F3N2O4. The largest absolute Gasteiger partial charge is 0.481 e. The Morgan fingerprint density at radius 1 is 1.04 bits per heavy atom. The summed E-state index contributed by atoms with van der Waals surface area (Å²) in [6.07, 6.45) is -4.87. The smallest absolute Gasteiger partial charge is 0.416 e. The molecule has 1 heterocycles. The Balaban J connectivity index is 1.70. The first-order valence-electron chi connectivity index (χ1n) is 8.00. The van der Waals surface area contributed by atoms with Gasteiger partial charge in [0, 0.05) is 13.0 Å². The fourth-order valence-corrected chi connectivity index (χ4v) is 2.52. The number of benzene rings is 2. The summed E-state index contributed by atoms with van der Waals surface area (Å²) in [5.74, 6) is -1.08. The van der Waals surface area contributed by atoms with Crippen molar-refractivity contribution >= 4 is 23.3 Å². The number of rotatable bonds is 5. The molecule has 0 saturated heterocycles. The van der Waals surface area contributed by atoms with Gasteiger partial charge in [-0.2, -0.15) is 13.2 Å². The molecule has 0 saturated carbocycles. The van der Waals surface area contributed by atoms with Gasteiger partial charge in [0.15, 0.2) is 11.5 Å². The number of hydrogen-bond donors (Lipinski definition) is 3. The van der Waals surface area contributed by atoms with E-state index in [4.69, 9.17) is 9.84 Å². The van der Waals surface area contributed by atoms with Gasteiger partial charge >= 0.3 is 12.1 Å². The molecule has 0 radical (unpaired) electrons. The Bertz CT molecular complexity index is 897. The number of carbonyl (C=O) groups is 2. The number of hydrogen-bond acceptors (Lipinski definition) is 4. The predicted octanol–water partition coefficient (Wildman–Crippen LogP) is 4.04. The van der Waals surface area contributed by atoms with Gasteiger partial charge < -0.3 is 20.5 Å². The van der Waals surface area contributed by atoms with E-state index in [1.807, 2.05) is 0 Å². The molecule has 0 unspecified atom stereocenters. The minimum absolute atomic E-state index is 0.0555. The normalized spacial score (nSPS) is 12.3. The van der Waals surface area contributed by atoms with Crippen molar-refractivity contribution in [1.82, 2.24) is 5.32 Å². The molecule has 0 spiro atoms. The van der Waals surface area contributed by atoms with Gasteiger partial charge in [-0.25, -0.2) is 0 Å². The topological polar surface area (TPSA) is 87.7 Å². The third-order valence-electron chi connectivity index (χ3n) is 3.90. The van der Waals surface area contributed by atoms with Gasteiger partial charge in [0.05, 0.1) is 23.4 Å². The Morgan fingerprint density at radius 3 is 2.37 bits per heavy atom. The summed E-state index contributed by atoms with van der Waals surface area (Å²) in [5.41, 5.74) is 0.858. The van der Waals surface area contributed by atoms with Gasteiger partial charge in [-0.05, 0) is 35.9 Å². The van der Waals surface area contributed by atoms with Crippen molar-refractivity contribution < 1.29 is 32.6 Å². The molecule has 3 rings (SSSR count). The van der Waals surface area contributed by atoms with Crippen LogP contribution in [0.5, 0.6) is 11.5 Å². The van der Waals surface area contributed by atoms with Crippen molar-refractivity contribution in [1.29, 1.82) is 0 Å². The molecule has 2 aromatic carbocycles. The van der Waals surface area contributed by atoms with Crippen LogP contribution in [0.15, 0.2) is 36.4 Å². The summed E-state index contributed by atoms with van der Waals surface area (Å²) in [6, 6.07) is 8.21. The van der Waals surface area contributed by atoms with E-state index in [0.717, 1.165) is 12.1 Å². The van der Waals surface area contributed by atoms with Crippen molar-refractivity contribution in [2.24, 2.45) is 0 Å². The molecule has 0 aliphatic carbocycles. The van der Waals surface area contributed by atoms with Crippen LogP contribution in [-0.4, -0.2) is 17.0 Å². The summed E-state index contributed by atoms with van der Waals surface area (Å²) < 4.78 is 44.1. The van der Waals surface area contributed by atoms with Crippen LogP contribution in [-0.2, 0) is 22.3 Å². The molecule has 2 aromatic rings. The fourth-order valence-electron chi connectivity index (χ4n) is 2.52. The molecule has 0 bridgehead atoms. The van der Waals surface area contributed by atoms with Crippen LogP contribution in [0.1, 0.15) is 24.0 Å². The first-order chi connectivity index (χ1) is 12.7. The van der Waals surface area contributed by atoms with Crippen molar-refractivity contribution in [2.75, 3.05) is 5.32 Å². The third-order valence-corrected chi connectivity index (χ3v) is 3.90. The maximum Gasteiger partial charge on any atom is 0.416 e. The molecule has 27 heavy (non-hydrogen) atoms. The van der Waals surface area contributed by atoms with Crippen molar-refractivity contribution in [3.63, 3.8) is 0 Å². The SMILES string of the molecule is O=C(O)CCC(=O)NCc1ccc2c(c1)Oc1cc(C(F)(F)F)ccc1N2. The van der Waals surface area contributed by atoms with E-state index in [1.54, 1.807) is 18.2 Å². The van der Waals surface area contributed by atoms with Gasteiger partial charge in [-0.1, -0.05) is 6.07 Å². The third kappa shape index (κ3) is 4.49. The lowest BCUT2D eigenvalue weighted by molar-refractivity contribution is -0.139. The standard InChI is InChI=1S/C18H15F3N2O4/c19-18(20,21)11-2-4-13-15(8-11)27-14-7-10(1-3-12(14)23-13)9-22-16(24)5-6-17(25)26/h1-4,7-8,23H,5-6,9H2,(H,22,24)(H,25,26). The van der Waals surface area contributed by atoms with Crippen LogP contribution >= 0.6 is 0 Å². The van der Waals surface area contributed by atoms with Gasteiger partial charge in [0.1, 0.15) is 0 Å². The lowest BCUT2D eigenvalue weighted by Crippen LogP contribution is -2.23. The van der Waals surface area contributed by atoms with Crippen LogP contribution < -0.4 is 15.4 Å². The van der Waals surface area contributed by atoms with E-state index in [2.05, 4.69) is 10.6 Å². The zero-order chi connectivity index (χ0) is 19.6. The maximum absolute atomic E-state index is 12.9. The highest BCUT2D eigenvalue weighted by atomic mass is 19.4. The number of ether oxygens (including phenoxy) is 1. The fraction of sp³-hybridized carbons (Fsp3) is 0.222. The lowest BCUT2D eigenvalue weighted by Gasteiger charge is -2.23. The van der Waals surface area contributed by atoms with Crippen LogP contribution in [0.3, 0.4) is 0 Å². The van der Waals surface area contributed by atoms with Gasteiger partial charge in [0.2, 0.25) is 5.91 Å². The number of alkyl halides is 3. The summed E-state index contributed by atoms with van der Waals surface area (Å²) in [4.78, 5) is 22.0. The van der Waals surface area contributed by atoms with E-state index < -0.39 is 23.6 Å². The summed E-state index contributed by atoms with van der Waals surface area (Å²) >= 11 is 0. The van der Waals surface area contributed by atoms with Gasteiger partial charge in [-0.3, -0.25) is 9.59 Å². The molecule has 0 aromatic heterocycles. The van der Waals surface area contributed by atoms with Crippen LogP contribution in [0.2, 0.25) is 0 Å². The van der Waals surface area contributed by atoms with E-state index in [1.165, 1.54) is 6.07 Å².